The van der Waals surface area contributed by atoms with Gasteiger partial charge in [0.2, 0.25) is 0 Å². The van der Waals surface area contributed by atoms with Gasteiger partial charge < -0.3 is 4.42 Å². The first-order chi connectivity index (χ1) is 11.4. The fraction of sp³-hybridized carbons (Fsp3) is 0.200. The lowest BCUT2D eigenvalue weighted by Crippen LogP contribution is -2.03. The number of fused-ring (bicyclic) bond motifs is 1. The Balaban J connectivity index is 1.77. The normalized spacial score (nSPS) is 11.9. The molecule has 0 aliphatic carbocycles. The molecular weight excluding hydrogens is 390 g/mol. The van der Waals surface area contributed by atoms with E-state index in [0.717, 1.165) is 11.8 Å². The number of thioether (sulfide) groups is 1. The number of ketones is 1. The number of benzene rings is 1. The molecule has 0 saturated carbocycles. The zero-order chi connectivity index (χ0) is 17.3. The van der Waals surface area contributed by atoms with Crippen LogP contribution in [0.25, 0.3) is 11.1 Å². The molecular formula is C15H12ClNO4S3. The zero-order valence-electron chi connectivity index (χ0n) is 12.5. The molecule has 2 heterocycles. The van der Waals surface area contributed by atoms with Crippen LogP contribution in [-0.4, -0.2) is 30.7 Å². The molecule has 0 amide bonds. The fourth-order valence-corrected chi connectivity index (χ4v) is 4.66. The monoisotopic (exact) mass is 401 g/mol. The number of Topliss-reactive ketones (excluding diaryl/α,β-unsaturated/α-hetero) is 1. The summed E-state index contributed by atoms with van der Waals surface area (Å²) in [5.74, 6) is 0.132. The predicted molar refractivity (Wildman–Crippen MR) is 96.1 cm³/mol. The van der Waals surface area contributed by atoms with Gasteiger partial charge in [-0.1, -0.05) is 30.3 Å². The lowest BCUT2D eigenvalue weighted by Gasteiger charge is -1.99. The molecule has 9 heteroatoms. The van der Waals surface area contributed by atoms with Crippen LogP contribution in [0.5, 0.6) is 0 Å². The maximum atomic E-state index is 12.1. The minimum atomic E-state index is -3.29. The third-order valence-electron chi connectivity index (χ3n) is 3.25. The van der Waals surface area contributed by atoms with Gasteiger partial charge in [-0.25, -0.2) is 13.4 Å². The van der Waals surface area contributed by atoms with E-state index in [-0.39, 0.29) is 22.2 Å². The summed E-state index contributed by atoms with van der Waals surface area (Å²) < 4.78 is 29.9. The largest absolute Gasteiger partial charge is 0.431 e. The van der Waals surface area contributed by atoms with E-state index in [1.807, 2.05) is 0 Å². The van der Waals surface area contributed by atoms with Crippen molar-refractivity contribution in [2.45, 2.75) is 17.0 Å². The van der Waals surface area contributed by atoms with Crippen molar-refractivity contribution >= 4 is 61.4 Å². The summed E-state index contributed by atoms with van der Waals surface area (Å²) in [7, 11) is -3.29. The second kappa shape index (κ2) is 6.87. The average molecular weight is 402 g/mol. The van der Waals surface area contributed by atoms with E-state index < -0.39 is 9.84 Å². The summed E-state index contributed by atoms with van der Waals surface area (Å²) in [4.78, 5) is 17.1. The highest BCUT2D eigenvalue weighted by Gasteiger charge is 2.16. The van der Waals surface area contributed by atoms with Crippen molar-refractivity contribution in [3.05, 3.63) is 39.5 Å². The number of carbonyl (C=O) groups is 1. The van der Waals surface area contributed by atoms with Crippen LogP contribution in [0.4, 0.5) is 0 Å². The molecule has 0 aliphatic heterocycles. The van der Waals surface area contributed by atoms with E-state index >= 15 is 0 Å². The van der Waals surface area contributed by atoms with Gasteiger partial charge >= 0.3 is 0 Å². The quantitative estimate of drug-likeness (QED) is 0.452. The number of hydrogen-bond donors (Lipinski definition) is 0. The molecule has 1 aromatic carbocycles. The molecule has 24 heavy (non-hydrogen) atoms. The third-order valence-corrected chi connectivity index (χ3v) is 7.09. The Labute approximate surface area is 151 Å². The second-order valence-corrected chi connectivity index (χ2v) is 9.75. The van der Waals surface area contributed by atoms with Crippen LogP contribution in [-0.2, 0) is 9.84 Å². The van der Waals surface area contributed by atoms with Gasteiger partial charge in [-0.05, 0) is 30.3 Å². The fourth-order valence-electron chi connectivity index (χ4n) is 1.97. The molecule has 5 nitrogen and oxygen atoms in total. The van der Waals surface area contributed by atoms with E-state index in [0.29, 0.717) is 25.5 Å². The lowest BCUT2D eigenvalue weighted by molar-refractivity contribution is 0.102. The van der Waals surface area contributed by atoms with E-state index in [1.54, 1.807) is 25.1 Å². The Morgan fingerprint density at radius 1 is 1.33 bits per heavy atom. The molecule has 0 bridgehead atoms. The van der Waals surface area contributed by atoms with Crippen LogP contribution in [0.1, 0.15) is 16.6 Å². The van der Waals surface area contributed by atoms with Crippen LogP contribution in [0.2, 0.25) is 4.34 Å². The molecule has 0 radical (unpaired) electrons. The van der Waals surface area contributed by atoms with Crippen molar-refractivity contribution in [3.8, 4) is 0 Å². The van der Waals surface area contributed by atoms with E-state index in [4.69, 9.17) is 16.0 Å². The zero-order valence-corrected chi connectivity index (χ0v) is 15.7. The van der Waals surface area contributed by atoms with Crippen LogP contribution in [0.3, 0.4) is 0 Å². The summed E-state index contributed by atoms with van der Waals surface area (Å²) in [6.07, 6.45) is 0. The Bertz CT molecular complexity index is 1010. The standard InChI is InChI=1S/C15H12ClNO4S3/c1-2-24(19,20)9-3-4-12-10(7-9)17-15(21-12)22-8-11(18)13-5-6-14(16)23-13/h3-7H,2,8H2,1H3. The molecule has 0 saturated heterocycles. The summed E-state index contributed by atoms with van der Waals surface area (Å²) >= 11 is 8.21. The van der Waals surface area contributed by atoms with Crippen LogP contribution < -0.4 is 0 Å². The van der Waals surface area contributed by atoms with Crippen LogP contribution >= 0.6 is 34.7 Å². The molecule has 0 unspecified atom stereocenters. The number of halogens is 1. The maximum Gasteiger partial charge on any atom is 0.257 e. The van der Waals surface area contributed by atoms with Gasteiger partial charge in [-0.2, -0.15) is 0 Å². The molecule has 2 aromatic heterocycles. The van der Waals surface area contributed by atoms with Crippen molar-refractivity contribution in [2.75, 3.05) is 11.5 Å². The first-order valence-electron chi connectivity index (χ1n) is 6.94. The molecule has 3 aromatic rings. The Hall–Kier alpha value is -1.35. The molecule has 126 valence electrons. The van der Waals surface area contributed by atoms with Crippen molar-refractivity contribution in [1.82, 2.24) is 4.98 Å². The molecule has 0 aliphatic rings. The SMILES string of the molecule is CCS(=O)(=O)c1ccc2oc(SCC(=O)c3ccc(Cl)s3)nc2c1. The predicted octanol–water partition coefficient (Wildman–Crippen LogP) is 4.31. The Morgan fingerprint density at radius 3 is 2.79 bits per heavy atom. The number of rotatable bonds is 6. The van der Waals surface area contributed by atoms with Gasteiger partial charge in [0.25, 0.3) is 5.22 Å². The van der Waals surface area contributed by atoms with Gasteiger partial charge in [0.15, 0.2) is 21.2 Å². The highest BCUT2D eigenvalue weighted by atomic mass is 35.5. The lowest BCUT2D eigenvalue weighted by atomic mass is 10.3. The third kappa shape index (κ3) is 3.66. The molecule has 0 atom stereocenters. The van der Waals surface area contributed by atoms with E-state index in [2.05, 4.69) is 4.98 Å². The first-order valence-corrected chi connectivity index (χ1v) is 10.8. The van der Waals surface area contributed by atoms with Crippen molar-refractivity contribution in [1.29, 1.82) is 0 Å². The minimum Gasteiger partial charge on any atom is -0.431 e. The average Bonchev–Trinajstić information content (AvgIpc) is 3.17. The van der Waals surface area contributed by atoms with Gasteiger partial charge in [0, 0.05) is 0 Å². The highest BCUT2D eigenvalue weighted by Crippen LogP contribution is 2.28. The number of thiophene rings is 1. The van der Waals surface area contributed by atoms with E-state index in [9.17, 15) is 13.2 Å². The minimum absolute atomic E-state index is 0.0237. The molecule has 0 N–H and O–H groups in total. The molecule has 0 fully saturated rings. The number of oxazole rings is 1. The second-order valence-electron chi connectivity index (χ2n) is 4.83. The van der Waals surface area contributed by atoms with Gasteiger partial charge in [0.05, 0.1) is 25.6 Å². The van der Waals surface area contributed by atoms with Crippen LogP contribution in [0, 0.1) is 0 Å². The number of nitrogens with zero attached hydrogens (tertiary/aromatic N) is 1. The number of hydrogen-bond acceptors (Lipinski definition) is 7. The smallest absolute Gasteiger partial charge is 0.257 e. The number of sulfone groups is 1. The van der Waals surface area contributed by atoms with Gasteiger partial charge in [-0.15, -0.1) is 11.3 Å². The van der Waals surface area contributed by atoms with Crippen molar-refractivity contribution < 1.29 is 17.6 Å². The topological polar surface area (TPSA) is 77.2 Å². The molecule has 3 rings (SSSR count). The van der Waals surface area contributed by atoms with Crippen molar-refractivity contribution in [3.63, 3.8) is 0 Å². The summed E-state index contributed by atoms with van der Waals surface area (Å²) in [5, 5.41) is 0.326. The highest BCUT2D eigenvalue weighted by molar-refractivity contribution is 7.99. The number of carbonyl (C=O) groups excluding carboxylic acids is 1. The summed E-state index contributed by atoms with van der Waals surface area (Å²) in [6.45, 7) is 1.59. The van der Waals surface area contributed by atoms with Crippen LogP contribution in [0.15, 0.2) is 44.9 Å². The van der Waals surface area contributed by atoms with E-state index in [1.165, 1.54) is 23.5 Å². The molecule has 0 spiro atoms. The Kier molecular flexibility index (Phi) is 5.00. The first kappa shape index (κ1) is 17.5. The van der Waals surface area contributed by atoms with Gasteiger partial charge in [-0.3, -0.25) is 4.79 Å². The Morgan fingerprint density at radius 2 is 2.12 bits per heavy atom. The summed E-state index contributed by atoms with van der Waals surface area (Å²) in [5.41, 5.74) is 0.942. The summed E-state index contributed by atoms with van der Waals surface area (Å²) in [6, 6.07) is 7.93. The van der Waals surface area contributed by atoms with Crippen molar-refractivity contribution in [2.24, 2.45) is 0 Å². The number of aromatic nitrogens is 1. The maximum absolute atomic E-state index is 12.1. The van der Waals surface area contributed by atoms with Gasteiger partial charge in [0.1, 0.15) is 5.52 Å².